The number of carbonyl (C=O) groups excluding carboxylic acids is 1. The van der Waals surface area contributed by atoms with Crippen molar-refractivity contribution in [3.8, 4) is 0 Å². The summed E-state index contributed by atoms with van der Waals surface area (Å²) < 4.78 is 13.6. The van der Waals surface area contributed by atoms with Crippen LogP contribution in [-0.2, 0) is 4.79 Å². The van der Waals surface area contributed by atoms with E-state index in [1.165, 1.54) is 12.1 Å². The monoisotopic (exact) mass is 243 g/mol. The molecular formula is C9H5BrFO2-. The highest BCUT2D eigenvalue weighted by molar-refractivity contribution is 9.10. The molecule has 0 bridgehead atoms. The zero-order valence-corrected chi connectivity index (χ0v) is 8.05. The molecule has 0 saturated carbocycles. The number of halogens is 2. The van der Waals surface area contributed by atoms with Crippen molar-refractivity contribution in [3.05, 3.63) is 40.1 Å². The zero-order chi connectivity index (χ0) is 9.84. The third-order valence-electron chi connectivity index (χ3n) is 1.36. The summed E-state index contributed by atoms with van der Waals surface area (Å²) in [5, 5.41) is 10.0. The minimum Gasteiger partial charge on any atom is -0.545 e. The van der Waals surface area contributed by atoms with Gasteiger partial charge < -0.3 is 9.90 Å². The highest BCUT2D eigenvalue weighted by Crippen LogP contribution is 2.16. The summed E-state index contributed by atoms with van der Waals surface area (Å²) in [6.45, 7) is 0. The SMILES string of the molecule is O=C([O-])/C=C\c1ccc(Br)cc1F. The number of benzene rings is 1. The molecule has 13 heavy (non-hydrogen) atoms. The van der Waals surface area contributed by atoms with Crippen molar-refractivity contribution in [2.45, 2.75) is 0 Å². The van der Waals surface area contributed by atoms with Gasteiger partial charge in [-0.2, -0.15) is 0 Å². The van der Waals surface area contributed by atoms with Gasteiger partial charge in [0.15, 0.2) is 0 Å². The van der Waals surface area contributed by atoms with E-state index >= 15 is 0 Å². The molecule has 0 aliphatic carbocycles. The van der Waals surface area contributed by atoms with Crippen LogP contribution in [0.5, 0.6) is 0 Å². The van der Waals surface area contributed by atoms with Crippen LogP contribution in [0.25, 0.3) is 6.08 Å². The largest absolute Gasteiger partial charge is 0.545 e. The Bertz CT molecular complexity index is 361. The molecule has 0 heterocycles. The summed E-state index contributed by atoms with van der Waals surface area (Å²) in [5.41, 5.74) is 0.215. The van der Waals surface area contributed by atoms with E-state index in [1.54, 1.807) is 6.07 Å². The molecule has 0 unspecified atom stereocenters. The highest BCUT2D eigenvalue weighted by Gasteiger charge is 1.97. The molecule has 0 atom stereocenters. The summed E-state index contributed by atoms with van der Waals surface area (Å²) in [4.78, 5) is 10.0. The quantitative estimate of drug-likeness (QED) is 0.736. The summed E-state index contributed by atoms with van der Waals surface area (Å²) in [6.07, 6.45) is 1.93. The van der Waals surface area contributed by atoms with Crippen LogP contribution in [0.2, 0.25) is 0 Å². The van der Waals surface area contributed by atoms with Gasteiger partial charge in [-0.25, -0.2) is 4.39 Å². The van der Waals surface area contributed by atoms with Gasteiger partial charge in [-0.1, -0.05) is 28.1 Å². The lowest BCUT2D eigenvalue weighted by molar-refractivity contribution is -0.297. The predicted octanol–water partition coefficient (Wildman–Crippen LogP) is 1.35. The van der Waals surface area contributed by atoms with Gasteiger partial charge in [-0.3, -0.25) is 0 Å². The zero-order valence-electron chi connectivity index (χ0n) is 6.46. The number of carboxylic acid groups (broad SMARTS) is 1. The van der Waals surface area contributed by atoms with Crippen LogP contribution in [0, 0.1) is 5.82 Å². The van der Waals surface area contributed by atoms with Crippen molar-refractivity contribution in [1.29, 1.82) is 0 Å². The average molecular weight is 244 g/mol. The van der Waals surface area contributed by atoms with Gasteiger partial charge in [-0.15, -0.1) is 0 Å². The third-order valence-corrected chi connectivity index (χ3v) is 1.85. The third kappa shape index (κ3) is 2.99. The van der Waals surface area contributed by atoms with Crippen molar-refractivity contribution in [3.63, 3.8) is 0 Å². The molecule has 2 nitrogen and oxygen atoms in total. The van der Waals surface area contributed by atoms with Crippen LogP contribution in [0.4, 0.5) is 4.39 Å². The second-order valence-electron chi connectivity index (χ2n) is 2.32. The van der Waals surface area contributed by atoms with Crippen molar-refractivity contribution in [2.24, 2.45) is 0 Å². The smallest absolute Gasteiger partial charge is 0.131 e. The molecular weight excluding hydrogens is 239 g/mol. The molecule has 0 fully saturated rings. The average Bonchev–Trinajstić information content (AvgIpc) is 2.02. The number of aliphatic carboxylic acids is 1. The van der Waals surface area contributed by atoms with Crippen LogP contribution in [0.15, 0.2) is 28.7 Å². The molecule has 0 saturated heterocycles. The van der Waals surface area contributed by atoms with Crippen LogP contribution in [0.1, 0.15) is 5.56 Å². The van der Waals surface area contributed by atoms with E-state index in [-0.39, 0.29) is 5.56 Å². The maximum absolute atomic E-state index is 13.0. The summed E-state index contributed by atoms with van der Waals surface area (Å²) in [5.74, 6) is -1.82. The van der Waals surface area contributed by atoms with Crippen molar-refractivity contribution in [2.75, 3.05) is 0 Å². The number of hydrogen-bond donors (Lipinski definition) is 0. The summed E-state index contributed by atoms with van der Waals surface area (Å²) in [7, 11) is 0. The summed E-state index contributed by atoms with van der Waals surface area (Å²) >= 11 is 3.08. The lowest BCUT2D eigenvalue weighted by Gasteiger charge is -1.97. The molecule has 0 N–H and O–H groups in total. The molecule has 0 aliphatic heterocycles. The molecule has 0 spiro atoms. The van der Waals surface area contributed by atoms with Crippen LogP contribution in [0.3, 0.4) is 0 Å². The summed E-state index contributed by atoms with van der Waals surface area (Å²) in [6, 6.07) is 4.35. The minimum atomic E-state index is -1.35. The van der Waals surface area contributed by atoms with E-state index in [0.717, 1.165) is 12.2 Å². The van der Waals surface area contributed by atoms with Crippen LogP contribution < -0.4 is 5.11 Å². The van der Waals surface area contributed by atoms with Gasteiger partial charge in [0.2, 0.25) is 0 Å². The van der Waals surface area contributed by atoms with Gasteiger partial charge in [0.05, 0.1) is 5.97 Å². The van der Waals surface area contributed by atoms with E-state index in [9.17, 15) is 14.3 Å². The van der Waals surface area contributed by atoms with E-state index < -0.39 is 11.8 Å². The first-order valence-electron chi connectivity index (χ1n) is 3.43. The Hall–Kier alpha value is -1.16. The van der Waals surface area contributed by atoms with E-state index in [1.807, 2.05) is 0 Å². The topological polar surface area (TPSA) is 40.1 Å². The molecule has 1 rings (SSSR count). The number of hydrogen-bond acceptors (Lipinski definition) is 2. The van der Waals surface area contributed by atoms with Gasteiger partial charge in [0.1, 0.15) is 5.82 Å². The Balaban J connectivity index is 2.96. The Kier molecular flexibility index (Phi) is 3.19. The normalized spacial score (nSPS) is 10.6. The fourth-order valence-corrected chi connectivity index (χ4v) is 1.13. The van der Waals surface area contributed by atoms with Crippen molar-refractivity contribution >= 4 is 28.0 Å². The number of carbonyl (C=O) groups is 1. The first kappa shape index (κ1) is 9.92. The lowest BCUT2D eigenvalue weighted by atomic mass is 10.2. The molecule has 0 aromatic heterocycles. The molecule has 68 valence electrons. The minimum absolute atomic E-state index is 0.215. The Morgan fingerprint density at radius 1 is 1.54 bits per heavy atom. The standard InChI is InChI=1S/C9H6BrFO2/c10-7-3-1-6(8(11)5-7)2-4-9(12)13/h1-5H,(H,12,13)/p-1/b4-2-. The Morgan fingerprint density at radius 2 is 2.23 bits per heavy atom. The molecule has 1 aromatic rings. The van der Waals surface area contributed by atoms with Gasteiger partial charge in [0, 0.05) is 10.0 Å². The Morgan fingerprint density at radius 3 is 2.77 bits per heavy atom. The predicted molar refractivity (Wildman–Crippen MR) is 48.1 cm³/mol. The number of carboxylic acids is 1. The first-order valence-corrected chi connectivity index (χ1v) is 4.23. The lowest BCUT2D eigenvalue weighted by Crippen LogP contribution is -2.18. The highest BCUT2D eigenvalue weighted by atomic mass is 79.9. The second-order valence-corrected chi connectivity index (χ2v) is 3.23. The fourth-order valence-electron chi connectivity index (χ4n) is 0.794. The van der Waals surface area contributed by atoms with Crippen molar-refractivity contribution < 1.29 is 14.3 Å². The Labute approximate surface area is 82.8 Å². The van der Waals surface area contributed by atoms with Crippen molar-refractivity contribution in [1.82, 2.24) is 0 Å². The second kappa shape index (κ2) is 4.18. The maximum atomic E-state index is 13.0. The molecule has 4 heteroatoms. The van der Waals surface area contributed by atoms with E-state index in [2.05, 4.69) is 15.9 Å². The van der Waals surface area contributed by atoms with Gasteiger partial charge in [-0.05, 0) is 18.2 Å². The van der Waals surface area contributed by atoms with Crippen LogP contribution in [-0.4, -0.2) is 5.97 Å². The van der Waals surface area contributed by atoms with Gasteiger partial charge >= 0.3 is 0 Å². The molecule has 1 aromatic carbocycles. The van der Waals surface area contributed by atoms with E-state index in [4.69, 9.17) is 0 Å². The van der Waals surface area contributed by atoms with E-state index in [0.29, 0.717) is 4.47 Å². The molecule has 0 amide bonds. The fraction of sp³-hybridized carbons (Fsp3) is 0. The van der Waals surface area contributed by atoms with Crippen LogP contribution >= 0.6 is 15.9 Å². The first-order chi connectivity index (χ1) is 6.09. The van der Waals surface area contributed by atoms with Gasteiger partial charge in [0.25, 0.3) is 0 Å². The number of rotatable bonds is 2. The molecule has 0 aliphatic rings. The maximum Gasteiger partial charge on any atom is 0.131 e. The molecule has 0 radical (unpaired) electrons.